The predicted molar refractivity (Wildman–Crippen MR) is 119 cm³/mol. The van der Waals surface area contributed by atoms with Gasteiger partial charge in [0.2, 0.25) is 0 Å². The molecule has 33 heavy (non-hydrogen) atoms. The number of ether oxygens (including phenoxy) is 1. The van der Waals surface area contributed by atoms with Crippen LogP contribution >= 0.6 is 0 Å². The molecule has 0 fully saturated rings. The molecular formula is C26H19NO6. The lowest BCUT2D eigenvalue weighted by atomic mass is 9.83. The minimum absolute atomic E-state index is 0.0906. The number of carboxylic acids is 1. The Morgan fingerprint density at radius 1 is 0.970 bits per heavy atom. The van der Waals surface area contributed by atoms with E-state index in [4.69, 9.17) is 9.15 Å². The average Bonchev–Trinajstić information content (AvgIpc) is 3.42. The van der Waals surface area contributed by atoms with Crippen LogP contribution < -0.4 is 5.32 Å². The zero-order chi connectivity index (χ0) is 23.3. The van der Waals surface area contributed by atoms with Crippen molar-refractivity contribution in [2.75, 3.05) is 7.11 Å². The largest absolute Gasteiger partial charge is 0.478 e. The molecule has 1 aliphatic carbocycles. The van der Waals surface area contributed by atoms with Gasteiger partial charge in [-0.2, -0.15) is 0 Å². The van der Waals surface area contributed by atoms with Gasteiger partial charge in [0.25, 0.3) is 0 Å². The lowest BCUT2D eigenvalue weighted by Crippen LogP contribution is -2.28. The van der Waals surface area contributed by atoms with Gasteiger partial charge in [0.1, 0.15) is 11.5 Å². The number of dihydropyridines is 1. The van der Waals surface area contributed by atoms with Crippen LogP contribution in [-0.2, 0) is 9.53 Å². The van der Waals surface area contributed by atoms with Crippen LogP contribution in [0, 0.1) is 0 Å². The summed E-state index contributed by atoms with van der Waals surface area (Å²) in [6.45, 7) is 1.75. The molecule has 0 saturated carbocycles. The number of carbonyl (C=O) groups excluding carboxylic acids is 2. The number of nitrogens with one attached hydrogen (secondary N) is 1. The van der Waals surface area contributed by atoms with Crippen LogP contribution in [0.5, 0.6) is 0 Å². The first kappa shape index (κ1) is 20.5. The highest BCUT2D eigenvalue weighted by Gasteiger charge is 2.44. The Morgan fingerprint density at radius 3 is 2.33 bits per heavy atom. The average molecular weight is 441 g/mol. The minimum Gasteiger partial charge on any atom is -0.478 e. The van der Waals surface area contributed by atoms with Gasteiger partial charge in [-0.25, -0.2) is 9.59 Å². The summed E-state index contributed by atoms with van der Waals surface area (Å²) < 4.78 is 11.1. The van der Waals surface area contributed by atoms with Gasteiger partial charge in [-0.3, -0.25) is 4.79 Å². The Labute approximate surface area is 189 Å². The van der Waals surface area contributed by atoms with E-state index < -0.39 is 17.9 Å². The van der Waals surface area contributed by atoms with Crippen molar-refractivity contribution in [1.29, 1.82) is 0 Å². The SMILES string of the molecule is COC(=O)C1=C(C)NC2=C(C(=O)c3ccccc32)C1c1ccc(-c2ccccc2C(=O)O)o1. The standard InChI is InChI=1S/C26H19NO6/c1-13-20(26(31)32-2)21(22-23(27-13)15-8-4-5-9-16(15)24(22)28)19-12-11-18(33-19)14-7-3-6-10-17(14)25(29)30/h3-12,21,27H,1-2H3,(H,29,30). The third-order valence-corrected chi connectivity index (χ3v) is 5.99. The zero-order valence-corrected chi connectivity index (χ0v) is 17.8. The van der Waals surface area contributed by atoms with Gasteiger partial charge >= 0.3 is 11.9 Å². The van der Waals surface area contributed by atoms with Gasteiger partial charge < -0.3 is 19.6 Å². The van der Waals surface area contributed by atoms with Gasteiger partial charge in [-0.05, 0) is 25.1 Å². The summed E-state index contributed by atoms with van der Waals surface area (Å²) in [5.41, 5.74) is 3.65. The fourth-order valence-corrected chi connectivity index (χ4v) is 4.53. The van der Waals surface area contributed by atoms with Crippen LogP contribution in [0.4, 0.5) is 0 Å². The second-order valence-electron chi connectivity index (χ2n) is 7.80. The maximum absolute atomic E-state index is 13.4. The number of furan rings is 1. The molecule has 7 nitrogen and oxygen atoms in total. The van der Waals surface area contributed by atoms with E-state index in [1.54, 1.807) is 49.4 Å². The van der Waals surface area contributed by atoms with Gasteiger partial charge in [-0.15, -0.1) is 0 Å². The summed E-state index contributed by atoms with van der Waals surface area (Å²) in [6, 6.07) is 17.1. The maximum atomic E-state index is 13.4. The molecule has 0 saturated heterocycles. The lowest BCUT2D eigenvalue weighted by Gasteiger charge is -2.27. The molecule has 2 aromatic carbocycles. The molecule has 1 unspecified atom stereocenters. The Bertz CT molecular complexity index is 1410. The van der Waals surface area contributed by atoms with Crippen molar-refractivity contribution in [3.63, 3.8) is 0 Å². The summed E-state index contributed by atoms with van der Waals surface area (Å²) in [5.74, 6) is -1.99. The van der Waals surface area contributed by atoms with Crippen LogP contribution in [0.25, 0.3) is 17.0 Å². The van der Waals surface area contributed by atoms with Crippen molar-refractivity contribution in [1.82, 2.24) is 5.32 Å². The molecule has 0 bridgehead atoms. The van der Waals surface area contributed by atoms with E-state index in [1.807, 2.05) is 12.1 Å². The molecular weight excluding hydrogens is 422 g/mol. The Morgan fingerprint density at radius 2 is 1.64 bits per heavy atom. The zero-order valence-electron chi connectivity index (χ0n) is 17.8. The minimum atomic E-state index is -1.08. The van der Waals surface area contributed by atoms with Crippen LogP contribution in [0.2, 0.25) is 0 Å². The van der Waals surface area contributed by atoms with Crippen molar-refractivity contribution in [3.05, 3.63) is 100.0 Å². The Balaban J connectivity index is 1.69. The Kier molecular flexibility index (Phi) is 4.74. The van der Waals surface area contributed by atoms with E-state index in [-0.39, 0.29) is 16.9 Å². The van der Waals surface area contributed by atoms with Gasteiger partial charge in [-0.1, -0.05) is 42.5 Å². The highest BCUT2D eigenvalue weighted by molar-refractivity contribution is 6.23. The quantitative estimate of drug-likeness (QED) is 0.579. The number of allylic oxidation sites excluding steroid dienone is 2. The van der Waals surface area contributed by atoms with E-state index in [0.717, 1.165) is 5.56 Å². The van der Waals surface area contributed by atoms with Crippen molar-refractivity contribution in [3.8, 4) is 11.3 Å². The van der Waals surface area contributed by atoms with Crippen LogP contribution in [0.1, 0.15) is 44.9 Å². The molecule has 1 atom stereocenters. The van der Waals surface area contributed by atoms with Crippen LogP contribution in [0.3, 0.4) is 0 Å². The van der Waals surface area contributed by atoms with E-state index in [2.05, 4.69) is 5.32 Å². The van der Waals surface area contributed by atoms with Crippen molar-refractivity contribution in [2.24, 2.45) is 0 Å². The van der Waals surface area contributed by atoms with Crippen molar-refractivity contribution >= 4 is 23.4 Å². The smallest absolute Gasteiger partial charge is 0.336 e. The molecule has 2 heterocycles. The number of fused-ring (bicyclic) bond motifs is 2. The molecule has 0 spiro atoms. The summed E-state index contributed by atoms with van der Waals surface area (Å²) in [7, 11) is 1.28. The summed E-state index contributed by atoms with van der Waals surface area (Å²) in [4.78, 5) is 37.9. The number of aromatic carboxylic acids is 1. The van der Waals surface area contributed by atoms with Gasteiger partial charge in [0.15, 0.2) is 5.78 Å². The second kappa shape index (κ2) is 7.63. The van der Waals surface area contributed by atoms with Crippen LogP contribution in [0.15, 0.2) is 81.9 Å². The predicted octanol–water partition coefficient (Wildman–Crippen LogP) is 4.39. The normalized spacial score (nSPS) is 16.9. The molecule has 2 N–H and O–H groups in total. The number of carbonyl (C=O) groups is 3. The first-order valence-corrected chi connectivity index (χ1v) is 10.3. The van der Waals surface area contributed by atoms with E-state index in [0.29, 0.717) is 39.6 Å². The lowest BCUT2D eigenvalue weighted by molar-refractivity contribution is -0.136. The third-order valence-electron chi connectivity index (χ3n) is 5.99. The van der Waals surface area contributed by atoms with E-state index in [1.165, 1.54) is 13.2 Å². The fraction of sp³-hybridized carbons (Fsp3) is 0.115. The fourth-order valence-electron chi connectivity index (χ4n) is 4.53. The third kappa shape index (κ3) is 3.09. The number of hydrogen-bond acceptors (Lipinski definition) is 6. The first-order valence-electron chi connectivity index (χ1n) is 10.3. The molecule has 0 amide bonds. The molecule has 7 heteroatoms. The molecule has 2 aliphatic rings. The number of carboxylic acid groups (broad SMARTS) is 1. The maximum Gasteiger partial charge on any atom is 0.336 e. The number of ketones is 1. The van der Waals surface area contributed by atoms with Gasteiger partial charge in [0, 0.05) is 28.0 Å². The number of rotatable bonds is 4. The molecule has 1 aliphatic heterocycles. The van der Waals surface area contributed by atoms with E-state index >= 15 is 0 Å². The van der Waals surface area contributed by atoms with E-state index in [9.17, 15) is 19.5 Å². The Hall–Kier alpha value is -4.39. The highest BCUT2D eigenvalue weighted by Crippen LogP contribution is 2.47. The molecule has 1 aromatic heterocycles. The first-order chi connectivity index (χ1) is 15.9. The number of hydrogen-bond donors (Lipinski definition) is 2. The number of benzene rings is 2. The second-order valence-corrected chi connectivity index (χ2v) is 7.80. The molecule has 164 valence electrons. The van der Waals surface area contributed by atoms with Gasteiger partial charge in [0.05, 0.1) is 29.9 Å². The summed E-state index contributed by atoms with van der Waals surface area (Å²) in [5, 5.41) is 12.8. The molecule has 0 radical (unpaired) electrons. The van der Waals surface area contributed by atoms with Crippen molar-refractivity contribution in [2.45, 2.75) is 12.8 Å². The van der Waals surface area contributed by atoms with Crippen LogP contribution in [-0.4, -0.2) is 29.9 Å². The number of esters is 1. The molecule has 3 aromatic rings. The highest BCUT2D eigenvalue weighted by atomic mass is 16.5. The number of methoxy groups -OCH3 is 1. The summed E-state index contributed by atoms with van der Waals surface area (Å²) in [6.07, 6.45) is 0. The number of Topliss-reactive ketones (excluding diaryl/α,β-unsaturated/α-hetero) is 1. The molecule has 5 rings (SSSR count). The topological polar surface area (TPSA) is 106 Å². The van der Waals surface area contributed by atoms with Crippen molar-refractivity contribution < 1.29 is 28.6 Å². The summed E-state index contributed by atoms with van der Waals surface area (Å²) >= 11 is 0. The monoisotopic (exact) mass is 441 g/mol.